The van der Waals surface area contributed by atoms with Gasteiger partial charge in [-0.1, -0.05) is 29.8 Å². The number of carbonyl (C=O) groups is 1. The Morgan fingerprint density at radius 2 is 1.83 bits per heavy atom. The van der Waals surface area contributed by atoms with E-state index in [0.717, 1.165) is 16.8 Å². The Kier molecular flexibility index (Phi) is 7.32. The van der Waals surface area contributed by atoms with Gasteiger partial charge in [0, 0.05) is 12.3 Å². The third-order valence-corrected chi connectivity index (χ3v) is 4.59. The van der Waals surface area contributed by atoms with E-state index in [4.69, 9.17) is 9.47 Å². The summed E-state index contributed by atoms with van der Waals surface area (Å²) in [5, 5.41) is 11.8. The van der Waals surface area contributed by atoms with E-state index in [1.807, 2.05) is 57.2 Å². The number of ether oxygens (including phenoxy) is 2. The van der Waals surface area contributed by atoms with Crippen LogP contribution in [-0.2, 0) is 16.1 Å². The Hall–Kier alpha value is -3.03. The number of benzene rings is 2. The van der Waals surface area contributed by atoms with Crippen LogP contribution in [0.1, 0.15) is 39.8 Å². The van der Waals surface area contributed by atoms with Gasteiger partial charge in [0.05, 0.1) is 31.2 Å². The molecule has 3 aromatic rings. The first kappa shape index (κ1) is 21.7. The van der Waals surface area contributed by atoms with Gasteiger partial charge in [0.1, 0.15) is 0 Å². The maximum absolute atomic E-state index is 12.8. The molecular formula is C23H28N4O3. The van der Waals surface area contributed by atoms with Crippen molar-refractivity contribution in [2.45, 2.75) is 34.3 Å². The fourth-order valence-corrected chi connectivity index (χ4v) is 3.11. The predicted octanol–water partition coefficient (Wildman–Crippen LogP) is 4.00. The van der Waals surface area contributed by atoms with Crippen LogP contribution in [-0.4, -0.2) is 40.7 Å². The molecule has 0 atom stereocenters. The molecule has 1 aromatic heterocycles. The predicted molar refractivity (Wildman–Crippen MR) is 116 cm³/mol. The van der Waals surface area contributed by atoms with Gasteiger partial charge in [-0.05, 0) is 57.0 Å². The molecule has 0 saturated carbocycles. The number of anilines is 1. The quantitative estimate of drug-likeness (QED) is 0.542. The lowest BCUT2D eigenvalue weighted by Crippen LogP contribution is -2.14. The first-order valence-electron chi connectivity index (χ1n) is 10.0. The fourth-order valence-electron chi connectivity index (χ4n) is 3.11. The number of amides is 1. The molecule has 1 amide bonds. The van der Waals surface area contributed by atoms with Gasteiger partial charge in [0.25, 0.3) is 5.91 Å². The Labute approximate surface area is 177 Å². The van der Waals surface area contributed by atoms with Crippen LogP contribution >= 0.6 is 0 Å². The van der Waals surface area contributed by atoms with Gasteiger partial charge in [0.15, 0.2) is 5.69 Å². The molecule has 0 aliphatic heterocycles. The van der Waals surface area contributed by atoms with Crippen molar-refractivity contribution in [3.05, 3.63) is 70.5 Å². The van der Waals surface area contributed by atoms with Crippen molar-refractivity contribution in [2.24, 2.45) is 0 Å². The van der Waals surface area contributed by atoms with E-state index in [1.54, 1.807) is 6.92 Å². The smallest absolute Gasteiger partial charge is 0.278 e. The zero-order valence-electron chi connectivity index (χ0n) is 17.9. The zero-order valence-corrected chi connectivity index (χ0v) is 17.9. The third-order valence-electron chi connectivity index (χ3n) is 4.59. The molecule has 2 aromatic carbocycles. The van der Waals surface area contributed by atoms with Crippen molar-refractivity contribution in [1.29, 1.82) is 0 Å². The number of aryl methyl sites for hydroxylation is 3. The summed E-state index contributed by atoms with van der Waals surface area (Å²) in [4.78, 5) is 14.3. The zero-order chi connectivity index (χ0) is 21.5. The molecule has 0 fully saturated rings. The van der Waals surface area contributed by atoms with Gasteiger partial charge in [-0.2, -0.15) is 9.90 Å². The van der Waals surface area contributed by atoms with Gasteiger partial charge in [0.2, 0.25) is 0 Å². The molecule has 0 saturated heterocycles. The Morgan fingerprint density at radius 1 is 1.03 bits per heavy atom. The van der Waals surface area contributed by atoms with Crippen molar-refractivity contribution < 1.29 is 14.3 Å². The number of nitrogens with one attached hydrogen (secondary N) is 1. The van der Waals surface area contributed by atoms with Crippen LogP contribution in [0.3, 0.4) is 0 Å². The van der Waals surface area contributed by atoms with Gasteiger partial charge in [-0.15, -0.1) is 5.10 Å². The standard InChI is InChI=1S/C23H28N4O3/c1-5-29-11-12-30-15-19-7-6-8-20(14-19)24-23(28)22-18(4)25-27(26-22)21-10-9-16(2)13-17(21)3/h6-10,13-14H,5,11-12,15H2,1-4H3,(H,24,28). The maximum Gasteiger partial charge on any atom is 0.278 e. The summed E-state index contributed by atoms with van der Waals surface area (Å²) in [5.41, 5.74) is 5.60. The van der Waals surface area contributed by atoms with Crippen LogP contribution in [0.25, 0.3) is 5.69 Å². The van der Waals surface area contributed by atoms with Crippen LogP contribution < -0.4 is 5.32 Å². The van der Waals surface area contributed by atoms with E-state index in [1.165, 1.54) is 10.4 Å². The van der Waals surface area contributed by atoms with Crippen molar-refractivity contribution in [3.63, 3.8) is 0 Å². The largest absolute Gasteiger partial charge is 0.379 e. The number of nitrogens with zero attached hydrogens (tertiary/aromatic N) is 3. The molecule has 1 N–H and O–H groups in total. The van der Waals surface area contributed by atoms with Gasteiger partial charge in [-0.25, -0.2) is 0 Å². The molecule has 0 spiro atoms. The lowest BCUT2D eigenvalue weighted by atomic mass is 10.1. The highest BCUT2D eigenvalue weighted by Crippen LogP contribution is 2.17. The number of carbonyl (C=O) groups excluding carboxylic acids is 1. The summed E-state index contributed by atoms with van der Waals surface area (Å²) in [7, 11) is 0. The number of hydrogen-bond donors (Lipinski definition) is 1. The summed E-state index contributed by atoms with van der Waals surface area (Å²) < 4.78 is 10.9. The minimum Gasteiger partial charge on any atom is -0.379 e. The molecule has 0 unspecified atom stereocenters. The molecule has 30 heavy (non-hydrogen) atoms. The molecule has 0 aliphatic rings. The third kappa shape index (κ3) is 5.52. The molecule has 0 radical (unpaired) electrons. The molecular weight excluding hydrogens is 380 g/mol. The number of hydrogen-bond acceptors (Lipinski definition) is 5. The first-order valence-corrected chi connectivity index (χ1v) is 10.0. The van der Waals surface area contributed by atoms with E-state index < -0.39 is 0 Å². The first-order chi connectivity index (χ1) is 14.5. The maximum atomic E-state index is 12.8. The fraction of sp³-hybridized carbons (Fsp3) is 0.348. The van der Waals surface area contributed by atoms with Gasteiger partial charge in [-0.3, -0.25) is 4.79 Å². The second-order valence-corrected chi connectivity index (χ2v) is 7.12. The average molecular weight is 409 g/mol. The molecule has 3 rings (SSSR count). The highest BCUT2D eigenvalue weighted by Gasteiger charge is 2.17. The monoisotopic (exact) mass is 408 g/mol. The SMILES string of the molecule is CCOCCOCc1cccc(NC(=O)c2nn(-c3ccc(C)cc3C)nc2C)c1. The molecule has 7 heteroatoms. The topological polar surface area (TPSA) is 78.3 Å². The molecule has 1 heterocycles. The minimum absolute atomic E-state index is 0.294. The van der Waals surface area contributed by atoms with Crippen LogP contribution in [0.4, 0.5) is 5.69 Å². The molecule has 158 valence electrons. The number of rotatable bonds is 9. The van der Waals surface area contributed by atoms with Crippen LogP contribution in [0.5, 0.6) is 0 Å². The molecule has 0 bridgehead atoms. The van der Waals surface area contributed by atoms with Crippen molar-refractivity contribution in [1.82, 2.24) is 15.0 Å². The molecule has 7 nitrogen and oxygen atoms in total. The van der Waals surface area contributed by atoms with E-state index in [2.05, 4.69) is 21.6 Å². The Morgan fingerprint density at radius 3 is 2.60 bits per heavy atom. The second-order valence-electron chi connectivity index (χ2n) is 7.12. The Bertz CT molecular complexity index is 1010. The lowest BCUT2D eigenvalue weighted by molar-refractivity contribution is 0.0453. The normalized spacial score (nSPS) is 10.9. The van der Waals surface area contributed by atoms with Crippen molar-refractivity contribution >= 4 is 11.6 Å². The summed E-state index contributed by atoms with van der Waals surface area (Å²) in [6, 6.07) is 13.6. The lowest BCUT2D eigenvalue weighted by Gasteiger charge is -2.08. The summed E-state index contributed by atoms with van der Waals surface area (Å²) in [6.07, 6.45) is 0. The number of aromatic nitrogens is 3. The average Bonchev–Trinajstić information content (AvgIpc) is 3.09. The van der Waals surface area contributed by atoms with Crippen LogP contribution in [0.2, 0.25) is 0 Å². The van der Waals surface area contributed by atoms with Crippen molar-refractivity contribution in [2.75, 3.05) is 25.1 Å². The highest BCUT2D eigenvalue weighted by molar-refractivity contribution is 6.03. The summed E-state index contributed by atoms with van der Waals surface area (Å²) in [6.45, 7) is 10.0. The van der Waals surface area contributed by atoms with Gasteiger partial charge < -0.3 is 14.8 Å². The highest BCUT2D eigenvalue weighted by atomic mass is 16.5. The van der Waals surface area contributed by atoms with Crippen molar-refractivity contribution in [3.8, 4) is 5.69 Å². The van der Waals surface area contributed by atoms with E-state index in [-0.39, 0.29) is 5.91 Å². The van der Waals surface area contributed by atoms with E-state index in [9.17, 15) is 4.79 Å². The summed E-state index contributed by atoms with van der Waals surface area (Å²) in [5.74, 6) is -0.294. The van der Waals surface area contributed by atoms with Gasteiger partial charge >= 0.3 is 0 Å². The Balaban J connectivity index is 1.68. The van der Waals surface area contributed by atoms with Crippen LogP contribution in [0.15, 0.2) is 42.5 Å². The summed E-state index contributed by atoms with van der Waals surface area (Å²) >= 11 is 0. The van der Waals surface area contributed by atoms with E-state index >= 15 is 0 Å². The minimum atomic E-state index is -0.294. The second kappa shape index (κ2) is 10.1. The molecule has 0 aliphatic carbocycles. The van der Waals surface area contributed by atoms with Crippen LogP contribution in [0, 0.1) is 20.8 Å². The van der Waals surface area contributed by atoms with E-state index in [0.29, 0.717) is 43.5 Å².